The third-order valence-electron chi connectivity index (χ3n) is 2.53. The van der Waals surface area contributed by atoms with Crippen molar-refractivity contribution in [1.82, 2.24) is 0 Å². The van der Waals surface area contributed by atoms with Crippen molar-refractivity contribution in [2.45, 2.75) is 32.2 Å². The summed E-state index contributed by atoms with van der Waals surface area (Å²) in [5.74, 6) is -1.41. The molecule has 0 spiro atoms. The van der Waals surface area contributed by atoms with Crippen molar-refractivity contribution in [3.05, 3.63) is 29.8 Å². The monoisotopic (exact) mass is 262 g/mol. The predicted molar refractivity (Wildman–Crippen MR) is 58.4 cm³/mol. The maximum atomic E-state index is 12.2. The van der Waals surface area contributed by atoms with Crippen LogP contribution in [0.4, 0.5) is 13.2 Å². The highest BCUT2D eigenvalue weighted by molar-refractivity contribution is 6.04. The van der Waals surface area contributed by atoms with Gasteiger partial charge in [-0.15, -0.1) is 13.2 Å². The van der Waals surface area contributed by atoms with E-state index >= 15 is 0 Å². The largest absolute Gasteiger partial charge is 0.573 e. The highest BCUT2D eigenvalue weighted by atomic mass is 19.4. The van der Waals surface area contributed by atoms with Crippen LogP contribution in [0, 0.1) is 0 Å². The molecule has 3 nitrogen and oxygen atoms in total. The summed E-state index contributed by atoms with van der Waals surface area (Å²) in [6.07, 6.45) is -4.79. The molecule has 1 aromatic carbocycles. The van der Waals surface area contributed by atoms with Gasteiger partial charge in [0, 0.05) is 0 Å². The minimum absolute atomic E-state index is 0.0895. The molecule has 0 bridgehead atoms. The van der Waals surface area contributed by atoms with Gasteiger partial charge in [-0.2, -0.15) is 0 Å². The average Bonchev–Trinajstić information content (AvgIpc) is 2.26. The zero-order chi connectivity index (χ0) is 14.0. The number of Topliss-reactive ketones (excluding diaryl/α,β-unsaturated/α-hetero) is 1. The lowest BCUT2D eigenvalue weighted by Crippen LogP contribution is -2.35. The zero-order valence-corrected chi connectivity index (χ0v) is 9.91. The molecule has 1 atom stereocenters. The maximum absolute atomic E-state index is 12.2. The second-order valence-corrected chi connectivity index (χ2v) is 4.00. The molecule has 1 N–H and O–H groups in total. The van der Waals surface area contributed by atoms with E-state index in [4.69, 9.17) is 0 Å². The van der Waals surface area contributed by atoms with E-state index in [9.17, 15) is 23.1 Å². The molecule has 1 unspecified atom stereocenters. The van der Waals surface area contributed by atoms with Crippen molar-refractivity contribution in [1.29, 1.82) is 0 Å². The summed E-state index contributed by atoms with van der Waals surface area (Å²) in [4.78, 5) is 11.9. The number of hydrogen-bond donors (Lipinski definition) is 1. The standard InChI is InChI=1S/C12H13F3O3/c1-3-11(2,17)10(16)8-6-4-5-7-9(8)18-12(13,14)15/h4-7,17H,3H2,1-2H3. The number of alkyl halides is 3. The van der Waals surface area contributed by atoms with Crippen LogP contribution in [0.25, 0.3) is 0 Å². The van der Waals surface area contributed by atoms with Gasteiger partial charge < -0.3 is 9.84 Å². The number of carbonyl (C=O) groups is 1. The fraction of sp³-hybridized carbons (Fsp3) is 0.417. The minimum atomic E-state index is -4.88. The first-order valence-electron chi connectivity index (χ1n) is 5.29. The fourth-order valence-corrected chi connectivity index (χ4v) is 1.32. The molecule has 0 fully saturated rings. The van der Waals surface area contributed by atoms with Crippen molar-refractivity contribution in [2.75, 3.05) is 0 Å². The van der Waals surface area contributed by atoms with Gasteiger partial charge in [-0.25, -0.2) is 0 Å². The molecule has 1 aromatic rings. The van der Waals surface area contributed by atoms with Crippen LogP contribution in [0.3, 0.4) is 0 Å². The van der Waals surface area contributed by atoms with Crippen LogP contribution in [-0.4, -0.2) is 22.9 Å². The molecular weight excluding hydrogens is 249 g/mol. The van der Waals surface area contributed by atoms with E-state index in [-0.39, 0.29) is 12.0 Å². The number of halogens is 3. The van der Waals surface area contributed by atoms with E-state index in [1.54, 1.807) is 6.92 Å². The number of carbonyl (C=O) groups excluding carboxylic acids is 1. The highest BCUT2D eigenvalue weighted by Crippen LogP contribution is 2.29. The first-order valence-corrected chi connectivity index (χ1v) is 5.29. The second-order valence-electron chi connectivity index (χ2n) is 4.00. The van der Waals surface area contributed by atoms with Crippen molar-refractivity contribution >= 4 is 5.78 Å². The molecule has 18 heavy (non-hydrogen) atoms. The summed E-state index contributed by atoms with van der Waals surface area (Å²) in [7, 11) is 0. The van der Waals surface area contributed by atoms with E-state index in [0.717, 1.165) is 6.07 Å². The van der Waals surface area contributed by atoms with E-state index < -0.39 is 23.5 Å². The SMILES string of the molecule is CCC(C)(O)C(=O)c1ccccc1OC(F)(F)F. The second kappa shape index (κ2) is 4.97. The Morgan fingerprint density at radius 1 is 1.33 bits per heavy atom. The third-order valence-corrected chi connectivity index (χ3v) is 2.53. The number of aliphatic hydroxyl groups is 1. The number of rotatable bonds is 4. The molecule has 0 aliphatic heterocycles. The molecule has 100 valence electrons. The Morgan fingerprint density at radius 2 is 1.89 bits per heavy atom. The minimum Gasteiger partial charge on any atom is -0.405 e. The Kier molecular flexibility index (Phi) is 4.01. The quantitative estimate of drug-likeness (QED) is 0.848. The summed E-state index contributed by atoms with van der Waals surface area (Å²) in [5, 5.41) is 9.78. The van der Waals surface area contributed by atoms with E-state index in [1.807, 2.05) is 0 Å². The molecule has 0 aliphatic carbocycles. The fourth-order valence-electron chi connectivity index (χ4n) is 1.32. The first-order chi connectivity index (χ1) is 8.17. The molecule has 0 saturated heterocycles. The Morgan fingerprint density at radius 3 is 2.39 bits per heavy atom. The van der Waals surface area contributed by atoms with Crippen LogP contribution in [-0.2, 0) is 0 Å². The smallest absolute Gasteiger partial charge is 0.405 e. The van der Waals surface area contributed by atoms with Crippen LogP contribution in [0.5, 0.6) is 5.75 Å². The molecule has 0 saturated carbocycles. The van der Waals surface area contributed by atoms with Gasteiger partial charge in [0.05, 0.1) is 5.56 Å². The van der Waals surface area contributed by atoms with E-state index in [0.29, 0.717) is 0 Å². The molecular formula is C12H13F3O3. The van der Waals surface area contributed by atoms with E-state index in [1.165, 1.54) is 25.1 Å². The van der Waals surface area contributed by atoms with Gasteiger partial charge >= 0.3 is 6.36 Å². The Labute approximate surface area is 102 Å². The molecule has 1 rings (SSSR count). The van der Waals surface area contributed by atoms with Crippen molar-refractivity contribution < 1.29 is 27.8 Å². The molecule has 0 amide bonds. The zero-order valence-electron chi connectivity index (χ0n) is 9.91. The number of ketones is 1. The van der Waals surface area contributed by atoms with Gasteiger partial charge in [0.25, 0.3) is 0 Å². The Hall–Kier alpha value is -1.56. The van der Waals surface area contributed by atoms with Crippen LogP contribution in [0.2, 0.25) is 0 Å². The van der Waals surface area contributed by atoms with Gasteiger partial charge in [-0.1, -0.05) is 19.1 Å². The number of hydrogen-bond acceptors (Lipinski definition) is 3. The van der Waals surface area contributed by atoms with Crippen LogP contribution >= 0.6 is 0 Å². The summed E-state index contributed by atoms with van der Waals surface area (Å²) in [6, 6.07) is 4.95. The summed E-state index contributed by atoms with van der Waals surface area (Å²) in [6.45, 7) is 2.81. The van der Waals surface area contributed by atoms with Gasteiger partial charge in [0.15, 0.2) is 5.78 Å². The lowest BCUT2D eigenvalue weighted by molar-refractivity contribution is -0.274. The summed E-state index contributed by atoms with van der Waals surface area (Å²) < 4.78 is 40.3. The highest BCUT2D eigenvalue weighted by Gasteiger charge is 2.36. The van der Waals surface area contributed by atoms with Gasteiger partial charge in [0.1, 0.15) is 11.4 Å². The normalized spacial score (nSPS) is 15.0. The number of para-hydroxylation sites is 1. The molecule has 0 aliphatic rings. The van der Waals surface area contributed by atoms with Crippen LogP contribution in [0.15, 0.2) is 24.3 Å². The van der Waals surface area contributed by atoms with Gasteiger partial charge in [0.2, 0.25) is 0 Å². The molecule has 6 heteroatoms. The van der Waals surface area contributed by atoms with Crippen molar-refractivity contribution in [3.8, 4) is 5.75 Å². The lowest BCUT2D eigenvalue weighted by atomic mass is 9.92. The van der Waals surface area contributed by atoms with E-state index in [2.05, 4.69) is 4.74 Å². The first kappa shape index (κ1) is 14.5. The average molecular weight is 262 g/mol. The maximum Gasteiger partial charge on any atom is 0.573 e. The summed E-state index contributed by atoms with van der Waals surface area (Å²) >= 11 is 0. The van der Waals surface area contributed by atoms with Gasteiger partial charge in [-0.05, 0) is 25.5 Å². The van der Waals surface area contributed by atoms with Crippen LogP contribution < -0.4 is 4.74 Å². The van der Waals surface area contributed by atoms with Crippen LogP contribution in [0.1, 0.15) is 30.6 Å². The molecule has 0 radical (unpaired) electrons. The predicted octanol–water partition coefficient (Wildman–Crippen LogP) is 2.93. The topological polar surface area (TPSA) is 46.5 Å². The number of ether oxygens (including phenoxy) is 1. The Balaban J connectivity index is 3.14. The lowest BCUT2D eigenvalue weighted by Gasteiger charge is -2.21. The molecule has 0 heterocycles. The third kappa shape index (κ3) is 3.46. The molecule has 0 aromatic heterocycles. The Bertz CT molecular complexity index is 438. The number of benzene rings is 1. The summed E-state index contributed by atoms with van der Waals surface area (Å²) in [5.41, 5.74) is -2.01. The van der Waals surface area contributed by atoms with Gasteiger partial charge in [-0.3, -0.25) is 4.79 Å². The van der Waals surface area contributed by atoms with Crippen molar-refractivity contribution in [3.63, 3.8) is 0 Å². The van der Waals surface area contributed by atoms with Crippen molar-refractivity contribution in [2.24, 2.45) is 0 Å².